The first kappa shape index (κ1) is 17.3. The van der Waals surface area contributed by atoms with Crippen molar-refractivity contribution in [3.05, 3.63) is 30.3 Å². The number of carboxylic acid groups (broad SMARTS) is 1. The zero-order valence-corrected chi connectivity index (χ0v) is 14.7. The van der Waals surface area contributed by atoms with Crippen LogP contribution in [0.5, 0.6) is 0 Å². The quantitative estimate of drug-likeness (QED) is 0.828. The first-order chi connectivity index (χ1) is 11.6. The number of carbonyl (C=O) groups excluding carboxylic acids is 1. The predicted molar refractivity (Wildman–Crippen MR) is 94.9 cm³/mol. The largest absolute Gasteiger partial charge is 0.481 e. The fraction of sp³-hybridized carbons (Fsp3) is 0.579. The van der Waals surface area contributed by atoms with Crippen LogP contribution in [0.1, 0.15) is 32.1 Å². The third-order valence-corrected chi connectivity index (χ3v) is 6.50. The fourth-order valence-electron chi connectivity index (χ4n) is 3.75. The molecule has 2 aliphatic rings. The summed E-state index contributed by atoms with van der Waals surface area (Å²) in [6.07, 6.45) is 3.83. The Kier molecular flexibility index (Phi) is 5.82. The van der Waals surface area contributed by atoms with Gasteiger partial charge in [-0.3, -0.25) is 9.59 Å². The molecule has 1 aliphatic heterocycles. The van der Waals surface area contributed by atoms with Crippen LogP contribution in [0.2, 0.25) is 0 Å². The van der Waals surface area contributed by atoms with Crippen LogP contribution < -0.4 is 0 Å². The molecule has 1 aromatic carbocycles. The van der Waals surface area contributed by atoms with Gasteiger partial charge in [0.25, 0.3) is 0 Å². The van der Waals surface area contributed by atoms with Gasteiger partial charge in [0, 0.05) is 29.7 Å². The summed E-state index contributed by atoms with van der Waals surface area (Å²) in [4.78, 5) is 27.0. The third-order valence-electron chi connectivity index (χ3n) is 5.25. The number of amides is 1. The van der Waals surface area contributed by atoms with E-state index in [-0.39, 0.29) is 17.7 Å². The average molecular weight is 347 g/mol. The minimum absolute atomic E-state index is 0.0427. The van der Waals surface area contributed by atoms with Crippen molar-refractivity contribution in [2.45, 2.75) is 37.0 Å². The molecule has 5 heteroatoms. The number of nitrogens with zero attached hydrogens (tertiary/aromatic N) is 1. The van der Waals surface area contributed by atoms with Crippen molar-refractivity contribution in [1.29, 1.82) is 0 Å². The Hall–Kier alpha value is -1.49. The van der Waals surface area contributed by atoms with Crippen molar-refractivity contribution in [3.8, 4) is 0 Å². The second-order valence-electron chi connectivity index (χ2n) is 6.95. The molecule has 0 bridgehead atoms. The highest BCUT2D eigenvalue weighted by molar-refractivity contribution is 7.99. The summed E-state index contributed by atoms with van der Waals surface area (Å²) in [5.41, 5.74) is 0. The Balaban J connectivity index is 1.43. The zero-order valence-electron chi connectivity index (χ0n) is 13.9. The normalized spacial score (nSPS) is 27.2. The minimum atomic E-state index is -0.708. The predicted octanol–water partition coefficient (Wildman–Crippen LogP) is 3.52. The number of rotatable bonds is 5. The standard InChI is InChI=1S/C19H25NO3S/c21-18(15-6-8-16(9-7-15)19(22)23)20-11-10-14(12-20)13-24-17-4-2-1-3-5-17/h1-5,14-16H,6-13H2,(H,22,23). The van der Waals surface area contributed by atoms with Crippen molar-refractivity contribution in [1.82, 2.24) is 4.90 Å². The minimum Gasteiger partial charge on any atom is -0.481 e. The molecule has 1 unspecified atom stereocenters. The molecular weight excluding hydrogens is 322 g/mol. The Morgan fingerprint density at radius 1 is 1.04 bits per heavy atom. The van der Waals surface area contributed by atoms with Crippen molar-refractivity contribution in [2.24, 2.45) is 17.8 Å². The van der Waals surface area contributed by atoms with Gasteiger partial charge in [0.15, 0.2) is 0 Å². The van der Waals surface area contributed by atoms with Crippen LogP contribution in [-0.2, 0) is 9.59 Å². The number of hydrogen-bond donors (Lipinski definition) is 1. The SMILES string of the molecule is O=C(O)C1CCC(C(=O)N2CCC(CSc3ccccc3)C2)CC1. The highest BCUT2D eigenvalue weighted by atomic mass is 32.2. The van der Waals surface area contributed by atoms with Gasteiger partial charge in [-0.25, -0.2) is 0 Å². The van der Waals surface area contributed by atoms with Gasteiger partial charge >= 0.3 is 5.97 Å². The number of aliphatic carboxylic acids is 1. The van der Waals surface area contributed by atoms with Gasteiger partial charge in [0.2, 0.25) is 5.91 Å². The number of benzene rings is 1. The van der Waals surface area contributed by atoms with E-state index in [0.717, 1.165) is 38.1 Å². The summed E-state index contributed by atoms with van der Waals surface area (Å²) < 4.78 is 0. The van der Waals surface area contributed by atoms with Crippen molar-refractivity contribution < 1.29 is 14.7 Å². The zero-order chi connectivity index (χ0) is 16.9. The molecule has 1 aromatic rings. The van der Waals surface area contributed by atoms with Crippen LogP contribution in [0, 0.1) is 17.8 Å². The van der Waals surface area contributed by atoms with Crippen LogP contribution in [-0.4, -0.2) is 40.7 Å². The van der Waals surface area contributed by atoms with Crippen LogP contribution in [0.4, 0.5) is 0 Å². The van der Waals surface area contributed by atoms with E-state index in [1.807, 2.05) is 22.7 Å². The molecule has 2 fully saturated rings. The van der Waals surface area contributed by atoms with E-state index < -0.39 is 5.97 Å². The molecule has 1 saturated heterocycles. The van der Waals surface area contributed by atoms with Gasteiger partial charge in [-0.1, -0.05) is 18.2 Å². The maximum atomic E-state index is 12.7. The first-order valence-corrected chi connectivity index (χ1v) is 9.81. The number of carbonyl (C=O) groups is 2. The molecule has 24 heavy (non-hydrogen) atoms. The summed E-state index contributed by atoms with van der Waals surface area (Å²) in [5, 5.41) is 9.06. The van der Waals surface area contributed by atoms with E-state index in [2.05, 4.69) is 24.3 Å². The van der Waals surface area contributed by atoms with Gasteiger partial charge in [-0.05, 0) is 50.2 Å². The maximum absolute atomic E-state index is 12.7. The molecule has 1 atom stereocenters. The lowest BCUT2D eigenvalue weighted by atomic mass is 9.81. The lowest BCUT2D eigenvalue weighted by Crippen LogP contribution is -2.37. The number of carboxylic acids is 1. The highest BCUT2D eigenvalue weighted by Gasteiger charge is 2.34. The molecule has 3 rings (SSSR count). The number of thioether (sulfide) groups is 1. The van der Waals surface area contributed by atoms with E-state index in [1.165, 1.54) is 4.90 Å². The molecule has 4 nitrogen and oxygen atoms in total. The second-order valence-corrected chi connectivity index (χ2v) is 8.04. The molecule has 1 aliphatic carbocycles. The second kappa shape index (κ2) is 8.06. The summed E-state index contributed by atoms with van der Waals surface area (Å²) in [6.45, 7) is 1.72. The Morgan fingerprint density at radius 3 is 2.38 bits per heavy atom. The summed E-state index contributed by atoms with van der Waals surface area (Å²) >= 11 is 1.87. The Morgan fingerprint density at radius 2 is 1.71 bits per heavy atom. The molecule has 0 radical (unpaired) electrons. The van der Waals surface area contributed by atoms with E-state index in [1.54, 1.807) is 0 Å². The molecule has 1 N–H and O–H groups in total. The summed E-state index contributed by atoms with van der Waals surface area (Å²) in [5.74, 6) is 0.962. The van der Waals surface area contributed by atoms with Gasteiger partial charge in [0.1, 0.15) is 0 Å². The lowest BCUT2D eigenvalue weighted by molar-refractivity contribution is -0.145. The topological polar surface area (TPSA) is 57.6 Å². The monoisotopic (exact) mass is 347 g/mol. The fourth-order valence-corrected chi connectivity index (χ4v) is 4.79. The molecule has 0 aromatic heterocycles. The van der Waals surface area contributed by atoms with Crippen LogP contribution >= 0.6 is 11.8 Å². The number of likely N-dealkylation sites (tertiary alicyclic amines) is 1. The average Bonchev–Trinajstić information content (AvgIpc) is 3.09. The number of hydrogen-bond acceptors (Lipinski definition) is 3. The lowest BCUT2D eigenvalue weighted by Gasteiger charge is -2.28. The van der Waals surface area contributed by atoms with E-state index in [4.69, 9.17) is 5.11 Å². The Bertz CT molecular complexity index is 569. The van der Waals surface area contributed by atoms with E-state index >= 15 is 0 Å². The summed E-state index contributed by atoms with van der Waals surface area (Å²) in [7, 11) is 0. The van der Waals surface area contributed by atoms with Gasteiger partial charge in [0.05, 0.1) is 5.92 Å². The highest BCUT2D eigenvalue weighted by Crippen LogP contribution is 2.32. The molecule has 130 valence electrons. The van der Waals surface area contributed by atoms with Crippen LogP contribution in [0.25, 0.3) is 0 Å². The smallest absolute Gasteiger partial charge is 0.306 e. The maximum Gasteiger partial charge on any atom is 0.306 e. The first-order valence-electron chi connectivity index (χ1n) is 8.83. The van der Waals surface area contributed by atoms with Crippen LogP contribution in [0.15, 0.2) is 35.2 Å². The summed E-state index contributed by atoms with van der Waals surface area (Å²) in [6, 6.07) is 10.4. The van der Waals surface area contributed by atoms with Gasteiger partial charge < -0.3 is 10.0 Å². The van der Waals surface area contributed by atoms with E-state index in [9.17, 15) is 9.59 Å². The van der Waals surface area contributed by atoms with Crippen molar-refractivity contribution >= 4 is 23.6 Å². The van der Waals surface area contributed by atoms with Crippen molar-refractivity contribution in [2.75, 3.05) is 18.8 Å². The molecule has 0 spiro atoms. The molecule has 1 heterocycles. The molecule has 1 amide bonds. The van der Waals surface area contributed by atoms with E-state index in [0.29, 0.717) is 18.8 Å². The Labute approximate surface area is 147 Å². The van der Waals surface area contributed by atoms with Gasteiger partial charge in [-0.2, -0.15) is 0 Å². The molecular formula is C19H25NO3S. The third kappa shape index (κ3) is 4.32. The molecule has 1 saturated carbocycles. The van der Waals surface area contributed by atoms with Crippen molar-refractivity contribution in [3.63, 3.8) is 0 Å². The van der Waals surface area contributed by atoms with Gasteiger partial charge in [-0.15, -0.1) is 11.8 Å². The van der Waals surface area contributed by atoms with Crippen LogP contribution in [0.3, 0.4) is 0 Å².